The first-order valence-electron chi connectivity index (χ1n) is 7.89. The number of H-pyrrole nitrogens is 2. The number of nitrogens with two attached hydrogens (primary N) is 1. The van der Waals surface area contributed by atoms with Gasteiger partial charge in [-0.15, -0.1) is 12.4 Å². The van der Waals surface area contributed by atoms with Crippen molar-refractivity contribution in [2.45, 2.75) is 0 Å². The lowest BCUT2D eigenvalue weighted by Crippen LogP contribution is -2.21. The molecule has 0 unspecified atom stereocenters. The Morgan fingerprint density at radius 3 is 1.87 bits per heavy atom. The van der Waals surface area contributed by atoms with Gasteiger partial charge in [-0.1, -0.05) is 0 Å². The van der Waals surface area contributed by atoms with E-state index in [4.69, 9.17) is 10.8 Å². The molecule has 0 atom stereocenters. The van der Waals surface area contributed by atoms with Crippen LogP contribution in [0.2, 0.25) is 0 Å². The van der Waals surface area contributed by atoms with Gasteiger partial charge in [0.25, 0.3) is 0 Å². The smallest absolute Gasteiger partial charge is 0.394 e. The minimum atomic E-state index is -1.66. The number of aromatic amines is 2. The van der Waals surface area contributed by atoms with Crippen LogP contribution in [0.15, 0.2) is 36.7 Å². The van der Waals surface area contributed by atoms with Gasteiger partial charge in [-0.05, 0) is 12.1 Å². The van der Waals surface area contributed by atoms with Crippen LogP contribution in [0, 0.1) is 23.3 Å². The lowest BCUT2D eigenvalue weighted by molar-refractivity contribution is -0.147. The average Bonchev–Trinajstić information content (AvgIpc) is 3.20. The molecule has 7 nitrogen and oxygen atoms in total. The number of rotatable bonds is 1. The summed E-state index contributed by atoms with van der Waals surface area (Å²) in [7, 11) is 0. The first-order chi connectivity index (χ1) is 13.7. The Kier molecular flexibility index (Phi) is 6.57. The second-order valence-electron chi connectivity index (χ2n) is 5.83. The van der Waals surface area contributed by atoms with E-state index in [1.807, 2.05) is 0 Å². The van der Waals surface area contributed by atoms with Gasteiger partial charge in [0.1, 0.15) is 0 Å². The summed E-state index contributed by atoms with van der Waals surface area (Å²) < 4.78 is 51.1. The van der Waals surface area contributed by atoms with Crippen LogP contribution >= 0.6 is 12.4 Å². The number of hydrogen-bond donors (Lipinski definition) is 5. The predicted octanol–water partition coefficient (Wildman–Crippen LogP) is 3.92. The van der Waals surface area contributed by atoms with Crippen molar-refractivity contribution < 1.29 is 32.3 Å². The molecule has 0 spiro atoms. The number of aromatic nitrogens is 2. The summed E-state index contributed by atoms with van der Waals surface area (Å²) in [6.45, 7) is 0. The van der Waals surface area contributed by atoms with Crippen molar-refractivity contribution >= 4 is 57.5 Å². The number of fused-ring (bicyclic) bond motifs is 2. The van der Waals surface area contributed by atoms with Gasteiger partial charge in [0.15, 0.2) is 23.3 Å². The number of carbonyl (C=O) groups excluding carboxylic acids is 1. The number of halogens is 5. The zero-order valence-electron chi connectivity index (χ0n) is 14.7. The van der Waals surface area contributed by atoms with Crippen molar-refractivity contribution in [2.24, 2.45) is 0 Å². The molecular weight excluding hydrogens is 432 g/mol. The zero-order chi connectivity index (χ0) is 21.3. The number of anilines is 2. The Bertz CT molecular complexity index is 1260. The number of hydrogen-bond acceptors (Lipinski definition) is 3. The van der Waals surface area contributed by atoms with Gasteiger partial charge in [-0.25, -0.2) is 22.4 Å². The molecule has 2 aromatic carbocycles. The molecule has 12 heteroatoms. The third kappa shape index (κ3) is 4.46. The van der Waals surface area contributed by atoms with Crippen LogP contribution in [-0.2, 0) is 9.59 Å². The van der Waals surface area contributed by atoms with E-state index in [9.17, 15) is 27.2 Å². The molecule has 2 heterocycles. The number of carboxylic acids is 1. The molecule has 4 rings (SSSR count). The summed E-state index contributed by atoms with van der Waals surface area (Å²) in [5.74, 6) is -6.78. The normalized spacial score (nSPS) is 10.3. The molecule has 0 radical (unpaired) electrons. The fourth-order valence-electron chi connectivity index (χ4n) is 2.53. The molecule has 158 valence electrons. The average molecular weight is 445 g/mol. The summed E-state index contributed by atoms with van der Waals surface area (Å²) in [5, 5.41) is 11.1. The van der Waals surface area contributed by atoms with Crippen LogP contribution < -0.4 is 11.1 Å². The number of aliphatic carboxylic acids is 1. The van der Waals surface area contributed by atoms with E-state index < -0.39 is 35.1 Å². The van der Waals surface area contributed by atoms with Gasteiger partial charge < -0.3 is 26.1 Å². The van der Waals surface area contributed by atoms with Crippen molar-refractivity contribution in [3.8, 4) is 0 Å². The second kappa shape index (κ2) is 8.74. The maximum absolute atomic E-state index is 13.0. The van der Waals surface area contributed by atoms with Crippen LogP contribution in [0.1, 0.15) is 0 Å². The molecule has 0 aliphatic heterocycles. The Morgan fingerprint density at radius 2 is 1.30 bits per heavy atom. The van der Waals surface area contributed by atoms with Crippen molar-refractivity contribution in [1.29, 1.82) is 0 Å². The van der Waals surface area contributed by atoms with E-state index in [2.05, 4.69) is 15.3 Å². The Labute approximate surface area is 171 Å². The molecule has 0 saturated heterocycles. The molecular formula is C18H13ClF4N4O3. The lowest BCUT2D eigenvalue weighted by Gasteiger charge is -2.00. The number of carbonyl (C=O) groups is 2. The Morgan fingerprint density at radius 1 is 0.833 bits per heavy atom. The fourth-order valence-corrected chi connectivity index (χ4v) is 2.53. The fraction of sp³-hybridized carbons (Fsp3) is 0. The minimum Gasteiger partial charge on any atom is -0.474 e. The zero-order valence-corrected chi connectivity index (χ0v) is 15.5. The van der Waals surface area contributed by atoms with Crippen LogP contribution in [0.25, 0.3) is 21.8 Å². The number of amides is 1. The first-order valence-corrected chi connectivity index (χ1v) is 7.89. The molecule has 0 fully saturated rings. The first kappa shape index (κ1) is 22.6. The molecule has 0 saturated carbocycles. The molecule has 4 aromatic rings. The van der Waals surface area contributed by atoms with E-state index >= 15 is 0 Å². The highest BCUT2D eigenvalue weighted by Gasteiger charge is 2.15. The largest absolute Gasteiger partial charge is 0.474 e. The Balaban J connectivity index is 0.000000218. The maximum Gasteiger partial charge on any atom is 0.394 e. The molecule has 0 bridgehead atoms. The summed E-state index contributed by atoms with van der Waals surface area (Å²) >= 11 is 0. The van der Waals surface area contributed by atoms with Gasteiger partial charge in [-0.3, -0.25) is 4.79 Å². The SMILES string of the molecule is Cl.Nc1c[nH]c2cc(F)c(F)cc12.O=C(O)C(=O)Nc1c[nH]c2cc(F)c(F)cc12. The topological polar surface area (TPSA) is 124 Å². The lowest BCUT2D eigenvalue weighted by atomic mass is 10.2. The van der Waals surface area contributed by atoms with E-state index in [0.29, 0.717) is 16.6 Å². The molecule has 0 aliphatic carbocycles. The Hall–Kier alpha value is -3.73. The van der Waals surface area contributed by atoms with Crippen LogP contribution in [0.3, 0.4) is 0 Å². The highest BCUT2D eigenvalue weighted by molar-refractivity contribution is 6.37. The van der Waals surface area contributed by atoms with Gasteiger partial charge >= 0.3 is 11.9 Å². The summed E-state index contributed by atoms with van der Waals surface area (Å²) in [6.07, 6.45) is 2.76. The van der Waals surface area contributed by atoms with Crippen LogP contribution in [0.4, 0.5) is 28.9 Å². The van der Waals surface area contributed by atoms with E-state index in [-0.39, 0.29) is 29.0 Å². The van der Waals surface area contributed by atoms with E-state index in [1.165, 1.54) is 12.4 Å². The van der Waals surface area contributed by atoms with Crippen LogP contribution in [-0.4, -0.2) is 27.0 Å². The van der Waals surface area contributed by atoms with Gasteiger partial charge in [-0.2, -0.15) is 0 Å². The van der Waals surface area contributed by atoms with Gasteiger partial charge in [0.2, 0.25) is 0 Å². The third-order valence-electron chi connectivity index (χ3n) is 3.92. The number of benzene rings is 2. The molecule has 30 heavy (non-hydrogen) atoms. The molecule has 1 amide bonds. The van der Waals surface area contributed by atoms with Gasteiger partial charge in [0, 0.05) is 35.3 Å². The van der Waals surface area contributed by atoms with Crippen molar-refractivity contribution in [3.05, 3.63) is 59.9 Å². The standard InChI is InChI=1S/C10H6F2N2O3.C8H6F2N2.ClH/c11-5-1-4-7(2-6(5)12)13-3-8(4)14-9(15)10(16)17;9-5-1-4-7(11)3-12-8(4)2-6(5)10;/h1-3,13H,(H,14,15)(H,16,17);1-3,12H,11H2;1H. The van der Waals surface area contributed by atoms with E-state index in [0.717, 1.165) is 24.3 Å². The number of carboxylic acid groups (broad SMARTS) is 1. The predicted molar refractivity (Wildman–Crippen MR) is 104 cm³/mol. The summed E-state index contributed by atoms with van der Waals surface area (Å²) in [5.41, 5.74) is 6.73. The second-order valence-corrected chi connectivity index (χ2v) is 5.83. The number of nitrogens with one attached hydrogen (secondary N) is 3. The number of nitrogen functional groups attached to an aromatic ring is 1. The molecule has 0 aliphatic rings. The highest BCUT2D eigenvalue weighted by atomic mass is 35.5. The minimum absolute atomic E-state index is 0. The third-order valence-corrected chi connectivity index (χ3v) is 3.92. The van der Waals surface area contributed by atoms with Crippen LogP contribution in [0.5, 0.6) is 0 Å². The highest BCUT2D eigenvalue weighted by Crippen LogP contribution is 2.25. The quantitative estimate of drug-likeness (QED) is 0.225. The molecule has 2 aromatic heterocycles. The maximum atomic E-state index is 13.0. The van der Waals surface area contributed by atoms with Crippen molar-refractivity contribution in [1.82, 2.24) is 9.97 Å². The molecule has 6 N–H and O–H groups in total. The van der Waals surface area contributed by atoms with Crippen molar-refractivity contribution in [2.75, 3.05) is 11.1 Å². The van der Waals surface area contributed by atoms with Crippen molar-refractivity contribution in [3.63, 3.8) is 0 Å². The summed E-state index contributed by atoms with van der Waals surface area (Å²) in [4.78, 5) is 26.6. The van der Waals surface area contributed by atoms with E-state index in [1.54, 1.807) is 0 Å². The summed E-state index contributed by atoms with van der Waals surface area (Å²) in [6, 6.07) is 3.96. The monoisotopic (exact) mass is 444 g/mol. The van der Waals surface area contributed by atoms with Gasteiger partial charge in [0.05, 0.1) is 22.4 Å².